The number of aromatic nitrogens is 1. The molecule has 1 aromatic heterocycles. The maximum absolute atomic E-state index is 13.4. The molecule has 0 bridgehead atoms. The van der Waals surface area contributed by atoms with Gasteiger partial charge in [-0.15, -0.1) is 0 Å². The molecule has 1 amide bonds. The fraction of sp³-hybridized carbons (Fsp3) is 0.333. The number of amides is 1. The van der Waals surface area contributed by atoms with Gasteiger partial charge in [0.05, 0.1) is 7.11 Å². The van der Waals surface area contributed by atoms with Crippen LogP contribution in [-0.2, 0) is 0 Å². The quantitative estimate of drug-likeness (QED) is 0.612. The predicted molar refractivity (Wildman–Crippen MR) is 117 cm³/mol. The normalized spacial score (nSPS) is 14.3. The second-order valence-corrected chi connectivity index (χ2v) is 7.64. The lowest BCUT2D eigenvalue weighted by Crippen LogP contribution is -2.36. The van der Waals surface area contributed by atoms with Gasteiger partial charge in [0.15, 0.2) is 0 Å². The number of para-hydroxylation sites is 1. The number of benzene rings is 2. The van der Waals surface area contributed by atoms with E-state index in [0.29, 0.717) is 17.1 Å². The lowest BCUT2D eigenvalue weighted by atomic mass is 9.95. The molecule has 4 rings (SSSR count). The van der Waals surface area contributed by atoms with E-state index in [1.165, 1.54) is 6.42 Å². The Bertz CT molecular complexity index is 977. The third-order valence-electron chi connectivity index (χ3n) is 5.65. The average molecular weight is 405 g/mol. The first-order chi connectivity index (χ1) is 14.7. The van der Waals surface area contributed by atoms with Crippen LogP contribution < -0.4 is 15.0 Å². The summed E-state index contributed by atoms with van der Waals surface area (Å²) < 4.78 is 11.0. The summed E-state index contributed by atoms with van der Waals surface area (Å²) in [4.78, 5) is 15.2. The summed E-state index contributed by atoms with van der Waals surface area (Å²) in [6.07, 6.45) is 5.56. The second kappa shape index (κ2) is 9.03. The summed E-state index contributed by atoms with van der Waals surface area (Å²) in [7, 11) is 3.51. The van der Waals surface area contributed by atoms with Gasteiger partial charge in [0.25, 0.3) is 5.91 Å². The number of nitrogens with zero attached hydrogens (tertiary/aromatic N) is 2. The van der Waals surface area contributed by atoms with Gasteiger partial charge in [-0.25, -0.2) is 0 Å². The van der Waals surface area contributed by atoms with Gasteiger partial charge in [-0.1, -0.05) is 42.6 Å². The molecule has 1 heterocycles. The molecule has 0 saturated heterocycles. The molecular weight excluding hydrogens is 378 g/mol. The molecule has 2 aromatic carbocycles. The molecule has 1 aliphatic rings. The number of hydrogen-bond donors (Lipinski definition) is 1. The van der Waals surface area contributed by atoms with Crippen molar-refractivity contribution in [1.29, 1.82) is 0 Å². The highest BCUT2D eigenvalue weighted by atomic mass is 16.5. The Balaban J connectivity index is 1.72. The zero-order valence-corrected chi connectivity index (χ0v) is 17.4. The van der Waals surface area contributed by atoms with Crippen molar-refractivity contribution in [3.05, 3.63) is 60.2 Å². The lowest BCUT2D eigenvalue weighted by molar-refractivity contribution is 0.0928. The van der Waals surface area contributed by atoms with Crippen LogP contribution in [0.15, 0.2) is 59.1 Å². The Kier molecular flexibility index (Phi) is 6.02. The number of ether oxygens (including phenoxy) is 1. The SMILES string of the molecule is COc1ccc(-c2noc(N(C)c3ccccc3)c2C(=O)NC2CCCCC2)cc1. The van der Waals surface area contributed by atoms with Crippen molar-refractivity contribution >= 4 is 17.5 Å². The minimum Gasteiger partial charge on any atom is -0.497 e. The third kappa shape index (κ3) is 4.17. The topological polar surface area (TPSA) is 67.6 Å². The summed E-state index contributed by atoms with van der Waals surface area (Å²) in [5.74, 6) is 1.03. The number of carbonyl (C=O) groups is 1. The third-order valence-corrected chi connectivity index (χ3v) is 5.65. The van der Waals surface area contributed by atoms with Crippen LogP contribution in [0.5, 0.6) is 5.75 Å². The van der Waals surface area contributed by atoms with E-state index in [1.54, 1.807) is 7.11 Å². The molecular formula is C24H27N3O3. The van der Waals surface area contributed by atoms with E-state index in [-0.39, 0.29) is 11.9 Å². The Morgan fingerprint density at radius 2 is 1.77 bits per heavy atom. The van der Waals surface area contributed by atoms with E-state index in [4.69, 9.17) is 9.26 Å². The number of rotatable bonds is 6. The fourth-order valence-corrected chi connectivity index (χ4v) is 3.93. The molecule has 0 spiro atoms. The number of anilines is 2. The van der Waals surface area contributed by atoms with Crippen molar-refractivity contribution in [2.24, 2.45) is 0 Å². The van der Waals surface area contributed by atoms with Crippen molar-refractivity contribution in [1.82, 2.24) is 10.5 Å². The minimum atomic E-state index is -0.147. The van der Waals surface area contributed by atoms with Crippen LogP contribution in [0.3, 0.4) is 0 Å². The molecule has 0 radical (unpaired) electrons. The zero-order valence-electron chi connectivity index (χ0n) is 17.4. The Labute approximate surface area is 176 Å². The Morgan fingerprint density at radius 1 is 1.07 bits per heavy atom. The summed E-state index contributed by atoms with van der Waals surface area (Å²) in [5.41, 5.74) is 2.71. The molecule has 1 N–H and O–H groups in total. The Morgan fingerprint density at radius 3 is 2.43 bits per heavy atom. The molecule has 30 heavy (non-hydrogen) atoms. The van der Waals surface area contributed by atoms with Crippen molar-refractivity contribution in [2.75, 3.05) is 19.1 Å². The van der Waals surface area contributed by atoms with Gasteiger partial charge in [-0.2, -0.15) is 0 Å². The summed E-state index contributed by atoms with van der Waals surface area (Å²) in [6.45, 7) is 0. The van der Waals surface area contributed by atoms with Crippen molar-refractivity contribution in [3.8, 4) is 17.0 Å². The van der Waals surface area contributed by atoms with E-state index in [2.05, 4.69) is 10.5 Å². The van der Waals surface area contributed by atoms with Gasteiger partial charge >= 0.3 is 0 Å². The fourth-order valence-electron chi connectivity index (χ4n) is 3.93. The Hall–Kier alpha value is -3.28. The summed E-state index contributed by atoms with van der Waals surface area (Å²) in [6, 6.07) is 17.5. The monoisotopic (exact) mass is 405 g/mol. The van der Waals surface area contributed by atoms with Gasteiger partial charge < -0.3 is 19.5 Å². The molecule has 0 unspecified atom stereocenters. The van der Waals surface area contributed by atoms with Crippen molar-refractivity contribution in [2.45, 2.75) is 38.1 Å². The van der Waals surface area contributed by atoms with Gasteiger partial charge in [0, 0.05) is 24.3 Å². The lowest BCUT2D eigenvalue weighted by Gasteiger charge is -2.23. The van der Waals surface area contributed by atoms with Gasteiger partial charge in [0.1, 0.15) is 17.0 Å². The highest BCUT2D eigenvalue weighted by Crippen LogP contribution is 2.35. The maximum atomic E-state index is 13.4. The number of nitrogens with one attached hydrogen (secondary N) is 1. The van der Waals surface area contributed by atoms with Crippen LogP contribution in [0, 0.1) is 0 Å². The first kappa shape index (κ1) is 20.0. The van der Waals surface area contributed by atoms with E-state index in [9.17, 15) is 4.79 Å². The molecule has 1 saturated carbocycles. The number of hydrogen-bond acceptors (Lipinski definition) is 5. The molecule has 6 heteroatoms. The van der Waals surface area contributed by atoms with Crippen LogP contribution in [0.1, 0.15) is 42.5 Å². The smallest absolute Gasteiger partial charge is 0.259 e. The van der Waals surface area contributed by atoms with Crippen LogP contribution in [-0.4, -0.2) is 31.3 Å². The molecule has 1 aliphatic carbocycles. The molecule has 0 aliphatic heterocycles. The van der Waals surface area contributed by atoms with Gasteiger partial charge in [-0.3, -0.25) is 4.79 Å². The molecule has 3 aromatic rings. The molecule has 1 fully saturated rings. The number of carbonyl (C=O) groups excluding carboxylic acids is 1. The van der Waals surface area contributed by atoms with Crippen LogP contribution >= 0.6 is 0 Å². The first-order valence-electron chi connectivity index (χ1n) is 10.4. The number of methoxy groups -OCH3 is 1. The second-order valence-electron chi connectivity index (χ2n) is 7.64. The van der Waals surface area contributed by atoms with E-state index in [0.717, 1.165) is 42.7 Å². The van der Waals surface area contributed by atoms with E-state index in [1.807, 2.05) is 66.5 Å². The van der Waals surface area contributed by atoms with Crippen LogP contribution in [0.2, 0.25) is 0 Å². The maximum Gasteiger partial charge on any atom is 0.259 e. The van der Waals surface area contributed by atoms with Crippen molar-refractivity contribution in [3.63, 3.8) is 0 Å². The average Bonchev–Trinajstić information content (AvgIpc) is 3.25. The molecule has 6 nitrogen and oxygen atoms in total. The zero-order chi connectivity index (χ0) is 20.9. The van der Waals surface area contributed by atoms with Gasteiger partial charge in [-0.05, 0) is 49.2 Å². The van der Waals surface area contributed by atoms with E-state index >= 15 is 0 Å². The van der Waals surface area contributed by atoms with E-state index < -0.39 is 0 Å². The predicted octanol–water partition coefficient (Wildman–Crippen LogP) is 5.18. The summed E-state index contributed by atoms with van der Waals surface area (Å²) >= 11 is 0. The molecule has 156 valence electrons. The largest absolute Gasteiger partial charge is 0.497 e. The standard InChI is InChI=1S/C24H27N3O3/c1-27(19-11-7-4-8-12-19)24-21(23(28)25-18-9-5-3-6-10-18)22(26-30-24)17-13-15-20(29-2)16-14-17/h4,7-8,11-16,18H,3,5-6,9-10H2,1-2H3,(H,25,28). The molecule has 0 atom stereocenters. The highest BCUT2D eigenvalue weighted by molar-refractivity contribution is 6.04. The van der Waals surface area contributed by atoms with Gasteiger partial charge in [0.2, 0.25) is 5.88 Å². The first-order valence-corrected chi connectivity index (χ1v) is 10.4. The highest BCUT2D eigenvalue weighted by Gasteiger charge is 2.29. The van der Waals surface area contributed by atoms with Crippen molar-refractivity contribution < 1.29 is 14.1 Å². The minimum absolute atomic E-state index is 0.147. The van der Waals surface area contributed by atoms with Crippen LogP contribution in [0.4, 0.5) is 11.6 Å². The summed E-state index contributed by atoms with van der Waals surface area (Å²) in [5, 5.41) is 7.49. The van der Waals surface area contributed by atoms with Crippen LogP contribution in [0.25, 0.3) is 11.3 Å².